The number of methoxy groups -OCH3 is 1. The number of hydrogen-bond donors (Lipinski definition) is 0. The summed E-state index contributed by atoms with van der Waals surface area (Å²) in [5.74, 6) is 1.82. The summed E-state index contributed by atoms with van der Waals surface area (Å²) in [6, 6.07) is 11.6. The molecule has 0 aliphatic carbocycles. The summed E-state index contributed by atoms with van der Waals surface area (Å²) in [5, 5.41) is 12.4. The maximum absolute atomic E-state index is 5.47. The molecule has 0 spiro atoms. The van der Waals surface area contributed by atoms with Crippen LogP contribution in [-0.4, -0.2) is 32.2 Å². The van der Waals surface area contributed by atoms with E-state index in [0.717, 1.165) is 40.0 Å². The number of aromatic nitrogens is 5. The van der Waals surface area contributed by atoms with Gasteiger partial charge in [-0.1, -0.05) is 10.4 Å². The summed E-state index contributed by atoms with van der Waals surface area (Å²) in [6.07, 6.45) is 0. The minimum atomic E-state index is 0.484. The van der Waals surface area contributed by atoms with Crippen molar-refractivity contribution in [2.45, 2.75) is 20.4 Å². The Morgan fingerprint density at radius 3 is 2.80 bits per heavy atom. The van der Waals surface area contributed by atoms with Gasteiger partial charge < -0.3 is 9.26 Å². The largest absolute Gasteiger partial charge is 0.497 e. The highest BCUT2D eigenvalue weighted by molar-refractivity contribution is 5.80. The van der Waals surface area contributed by atoms with Gasteiger partial charge in [0.15, 0.2) is 0 Å². The highest BCUT2D eigenvalue weighted by Crippen LogP contribution is 2.28. The van der Waals surface area contributed by atoms with Gasteiger partial charge in [-0.3, -0.25) is 0 Å². The second kappa shape index (κ2) is 6.01. The third-order valence-corrected chi connectivity index (χ3v) is 4.16. The maximum Gasteiger partial charge on any atom is 0.258 e. The van der Waals surface area contributed by atoms with Crippen molar-refractivity contribution in [3.8, 4) is 28.6 Å². The molecular weight excluding hydrogens is 318 g/mol. The lowest BCUT2D eigenvalue weighted by Crippen LogP contribution is -1.96. The van der Waals surface area contributed by atoms with Crippen LogP contribution in [0.25, 0.3) is 33.9 Å². The van der Waals surface area contributed by atoms with Gasteiger partial charge in [0.1, 0.15) is 11.3 Å². The van der Waals surface area contributed by atoms with Crippen LogP contribution in [0.4, 0.5) is 0 Å². The van der Waals surface area contributed by atoms with Crippen LogP contribution in [0.3, 0.4) is 0 Å². The molecule has 0 saturated heterocycles. The highest BCUT2D eigenvalue weighted by Gasteiger charge is 2.14. The molecular formula is C18H17N5O2. The van der Waals surface area contributed by atoms with Crippen molar-refractivity contribution >= 4 is 11.0 Å². The Balaban J connectivity index is 1.74. The van der Waals surface area contributed by atoms with Crippen LogP contribution in [-0.2, 0) is 6.54 Å². The molecule has 7 nitrogen and oxygen atoms in total. The second-order valence-electron chi connectivity index (χ2n) is 5.71. The molecule has 25 heavy (non-hydrogen) atoms. The van der Waals surface area contributed by atoms with Gasteiger partial charge in [-0.15, -0.1) is 5.10 Å². The summed E-state index contributed by atoms with van der Waals surface area (Å²) in [4.78, 5) is 4.55. The van der Waals surface area contributed by atoms with Crippen LogP contribution in [0.5, 0.6) is 5.75 Å². The van der Waals surface area contributed by atoms with Crippen LogP contribution in [0, 0.1) is 6.92 Å². The van der Waals surface area contributed by atoms with Gasteiger partial charge >= 0.3 is 0 Å². The minimum absolute atomic E-state index is 0.484. The Morgan fingerprint density at radius 1 is 1.16 bits per heavy atom. The van der Waals surface area contributed by atoms with Crippen molar-refractivity contribution in [1.29, 1.82) is 0 Å². The Bertz CT molecular complexity index is 1050. The molecule has 0 saturated carbocycles. The third-order valence-electron chi connectivity index (χ3n) is 4.16. The topological polar surface area (TPSA) is 78.9 Å². The molecule has 2 aromatic carbocycles. The van der Waals surface area contributed by atoms with E-state index < -0.39 is 0 Å². The van der Waals surface area contributed by atoms with E-state index in [2.05, 4.69) is 20.5 Å². The Morgan fingerprint density at radius 2 is 2.04 bits per heavy atom. The van der Waals surface area contributed by atoms with Gasteiger partial charge in [0.2, 0.25) is 5.82 Å². The molecule has 4 aromatic rings. The average molecular weight is 335 g/mol. The van der Waals surface area contributed by atoms with Gasteiger partial charge in [-0.2, -0.15) is 4.98 Å². The molecule has 2 heterocycles. The molecule has 0 radical (unpaired) electrons. The Hall–Kier alpha value is -3.22. The van der Waals surface area contributed by atoms with Gasteiger partial charge in [0.25, 0.3) is 5.89 Å². The summed E-state index contributed by atoms with van der Waals surface area (Å²) in [5.41, 5.74) is 4.57. The van der Waals surface area contributed by atoms with E-state index in [4.69, 9.17) is 9.26 Å². The van der Waals surface area contributed by atoms with Crippen molar-refractivity contribution in [3.05, 3.63) is 42.0 Å². The zero-order valence-corrected chi connectivity index (χ0v) is 14.2. The first-order chi connectivity index (χ1) is 12.2. The van der Waals surface area contributed by atoms with Crippen molar-refractivity contribution in [2.75, 3.05) is 7.11 Å². The first kappa shape index (κ1) is 15.3. The number of aryl methyl sites for hydroxylation is 2. The smallest absolute Gasteiger partial charge is 0.258 e. The van der Waals surface area contributed by atoms with Gasteiger partial charge in [0, 0.05) is 17.7 Å². The van der Waals surface area contributed by atoms with E-state index in [-0.39, 0.29) is 0 Å². The number of benzene rings is 2. The van der Waals surface area contributed by atoms with Gasteiger partial charge in [-0.25, -0.2) is 4.68 Å². The lowest BCUT2D eigenvalue weighted by molar-refractivity contribution is 0.414. The van der Waals surface area contributed by atoms with E-state index in [1.165, 1.54) is 0 Å². The molecule has 0 fully saturated rings. The third kappa shape index (κ3) is 2.63. The molecule has 0 unspecified atom stereocenters. The number of hydrogen-bond acceptors (Lipinski definition) is 6. The van der Waals surface area contributed by atoms with E-state index in [9.17, 15) is 0 Å². The second-order valence-corrected chi connectivity index (χ2v) is 5.71. The van der Waals surface area contributed by atoms with E-state index >= 15 is 0 Å². The molecule has 0 aliphatic rings. The monoisotopic (exact) mass is 335 g/mol. The molecule has 0 aliphatic heterocycles. The van der Waals surface area contributed by atoms with Crippen LogP contribution >= 0.6 is 0 Å². The zero-order chi connectivity index (χ0) is 17.4. The fourth-order valence-corrected chi connectivity index (χ4v) is 2.79. The predicted molar refractivity (Wildman–Crippen MR) is 93.2 cm³/mol. The number of rotatable bonds is 4. The van der Waals surface area contributed by atoms with Crippen LogP contribution in [0.2, 0.25) is 0 Å². The molecule has 0 atom stereocenters. The van der Waals surface area contributed by atoms with Crippen molar-refractivity contribution < 1.29 is 9.26 Å². The van der Waals surface area contributed by atoms with Crippen LogP contribution in [0.1, 0.15) is 12.5 Å². The van der Waals surface area contributed by atoms with E-state index in [0.29, 0.717) is 11.7 Å². The SMILES string of the molecule is CCn1nnc2ccc(-c3noc(-c4ccc(OC)cc4C)n3)cc21. The fourth-order valence-electron chi connectivity index (χ4n) is 2.79. The molecule has 126 valence electrons. The standard InChI is InChI=1S/C18H17N5O2/c1-4-23-16-10-12(5-8-15(16)20-22-23)17-19-18(25-21-17)14-7-6-13(24-3)9-11(14)2/h5-10H,4H2,1-3H3. The lowest BCUT2D eigenvalue weighted by atomic mass is 10.1. The molecule has 0 bridgehead atoms. The molecule has 2 aromatic heterocycles. The Labute approximate surface area is 144 Å². The van der Waals surface area contributed by atoms with Crippen LogP contribution in [0.15, 0.2) is 40.9 Å². The summed E-state index contributed by atoms with van der Waals surface area (Å²) < 4.78 is 12.5. The molecule has 0 amide bonds. The number of nitrogens with zero attached hydrogens (tertiary/aromatic N) is 5. The minimum Gasteiger partial charge on any atom is -0.497 e. The van der Waals surface area contributed by atoms with E-state index in [1.807, 2.05) is 54.9 Å². The molecule has 0 N–H and O–H groups in total. The highest BCUT2D eigenvalue weighted by atomic mass is 16.5. The fraction of sp³-hybridized carbons (Fsp3) is 0.222. The summed E-state index contributed by atoms with van der Waals surface area (Å²) in [7, 11) is 1.64. The molecule has 7 heteroatoms. The Kier molecular flexibility index (Phi) is 3.68. The number of ether oxygens (including phenoxy) is 1. The average Bonchev–Trinajstić information content (AvgIpc) is 3.27. The summed E-state index contributed by atoms with van der Waals surface area (Å²) >= 11 is 0. The summed E-state index contributed by atoms with van der Waals surface area (Å²) in [6.45, 7) is 4.77. The first-order valence-electron chi connectivity index (χ1n) is 8.02. The van der Waals surface area contributed by atoms with Crippen molar-refractivity contribution in [2.24, 2.45) is 0 Å². The zero-order valence-electron chi connectivity index (χ0n) is 14.2. The van der Waals surface area contributed by atoms with Gasteiger partial charge in [0.05, 0.1) is 12.6 Å². The maximum atomic E-state index is 5.47. The lowest BCUT2D eigenvalue weighted by Gasteiger charge is -2.03. The number of fused-ring (bicyclic) bond motifs is 1. The normalized spacial score (nSPS) is 11.2. The first-order valence-corrected chi connectivity index (χ1v) is 8.02. The van der Waals surface area contributed by atoms with E-state index in [1.54, 1.807) is 7.11 Å². The van der Waals surface area contributed by atoms with Gasteiger partial charge in [-0.05, 0) is 55.8 Å². The van der Waals surface area contributed by atoms with Crippen molar-refractivity contribution in [1.82, 2.24) is 25.1 Å². The van der Waals surface area contributed by atoms with Crippen LogP contribution < -0.4 is 4.74 Å². The quantitative estimate of drug-likeness (QED) is 0.568. The molecule has 4 rings (SSSR count). The van der Waals surface area contributed by atoms with Crippen molar-refractivity contribution in [3.63, 3.8) is 0 Å². The predicted octanol–water partition coefficient (Wildman–Crippen LogP) is 3.49.